The Balaban J connectivity index is 2.52. The molecule has 1 aromatic heterocycles. The standard InChI is InChI=1S/C10H12N4O/c1-13(2)10(15)7-4-5-9-8(6-7)11-12-14(9)3/h4-6H,1-3H3. The first-order valence-electron chi connectivity index (χ1n) is 4.60. The molecule has 78 valence electrons. The van der Waals surface area contributed by atoms with E-state index in [0.717, 1.165) is 11.0 Å². The van der Waals surface area contributed by atoms with Crippen molar-refractivity contribution in [3.05, 3.63) is 23.8 Å². The van der Waals surface area contributed by atoms with Crippen LogP contribution in [0.2, 0.25) is 0 Å². The molecule has 2 rings (SSSR count). The first kappa shape index (κ1) is 9.64. The van der Waals surface area contributed by atoms with E-state index < -0.39 is 0 Å². The summed E-state index contributed by atoms with van der Waals surface area (Å²) in [6.45, 7) is 0. The molecule has 5 heteroatoms. The lowest BCUT2D eigenvalue weighted by Gasteiger charge is -2.09. The molecule has 0 saturated carbocycles. The number of benzene rings is 1. The van der Waals surface area contributed by atoms with Crippen molar-refractivity contribution >= 4 is 16.9 Å². The number of carbonyl (C=O) groups excluding carboxylic acids is 1. The molecule has 0 N–H and O–H groups in total. The quantitative estimate of drug-likeness (QED) is 0.686. The van der Waals surface area contributed by atoms with Gasteiger partial charge in [0.15, 0.2) is 0 Å². The van der Waals surface area contributed by atoms with Crippen LogP contribution in [-0.4, -0.2) is 39.9 Å². The summed E-state index contributed by atoms with van der Waals surface area (Å²) in [6.07, 6.45) is 0. The van der Waals surface area contributed by atoms with E-state index >= 15 is 0 Å². The Kier molecular flexibility index (Phi) is 2.15. The largest absolute Gasteiger partial charge is 0.345 e. The van der Waals surface area contributed by atoms with E-state index in [2.05, 4.69) is 10.3 Å². The topological polar surface area (TPSA) is 51.0 Å². The number of carbonyl (C=O) groups is 1. The smallest absolute Gasteiger partial charge is 0.253 e. The first-order chi connectivity index (χ1) is 7.09. The Morgan fingerprint density at radius 2 is 2.13 bits per heavy atom. The van der Waals surface area contributed by atoms with Crippen molar-refractivity contribution < 1.29 is 4.79 Å². The van der Waals surface area contributed by atoms with Gasteiger partial charge in [-0.3, -0.25) is 4.79 Å². The van der Waals surface area contributed by atoms with E-state index in [0.29, 0.717) is 5.56 Å². The summed E-state index contributed by atoms with van der Waals surface area (Å²) in [5.74, 6) is -0.0254. The maximum absolute atomic E-state index is 11.7. The fraction of sp³-hybridized carbons (Fsp3) is 0.300. The zero-order chi connectivity index (χ0) is 11.0. The molecule has 1 heterocycles. The van der Waals surface area contributed by atoms with Gasteiger partial charge in [0.2, 0.25) is 0 Å². The monoisotopic (exact) mass is 204 g/mol. The predicted molar refractivity (Wildman–Crippen MR) is 56.5 cm³/mol. The molecule has 0 aliphatic heterocycles. The van der Waals surface area contributed by atoms with Crippen molar-refractivity contribution in [3.63, 3.8) is 0 Å². The third kappa shape index (κ3) is 1.56. The summed E-state index contributed by atoms with van der Waals surface area (Å²) in [5.41, 5.74) is 2.29. The molecule has 0 aliphatic carbocycles. The number of amides is 1. The lowest BCUT2D eigenvalue weighted by Crippen LogP contribution is -2.21. The van der Waals surface area contributed by atoms with E-state index in [4.69, 9.17) is 0 Å². The van der Waals surface area contributed by atoms with Crippen LogP contribution in [0.3, 0.4) is 0 Å². The maximum atomic E-state index is 11.7. The van der Waals surface area contributed by atoms with Gasteiger partial charge in [-0.05, 0) is 18.2 Å². The summed E-state index contributed by atoms with van der Waals surface area (Å²) in [5, 5.41) is 7.85. The summed E-state index contributed by atoms with van der Waals surface area (Å²) >= 11 is 0. The second kappa shape index (κ2) is 3.34. The highest BCUT2D eigenvalue weighted by atomic mass is 16.2. The predicted octanol–water partition coefficient (Wildman–Crippen LogP) is 0.670. The minimum Gasteiger partial charge on any atom is -0.345 e. The highest BCUT2D eigenvalue weighted by Crippen LogP contribution is 2.13. The average Bonchev–Trinajstić information content (AvgIpc) is 2.59. The molecule has 0 radical (unpaired) electrons. The minimum absolute atomic E-state index is 0.0254. The highest BCUT2D eigenvalue weighted by molar-refractivity contribution is 5.96. The third-order valence-corrected chi connectivity index (χ3v) is 2.26. The Morgan fingerprint density at radius 1 is 1.40 bits per heavy atom. The second-order valence-corrected chi connectivity index (χ2v) is 3.62. The zero-order valence-electron chi connectivity index (χ0n) is 8.93. The molecule has 0 spiro atoms. The molecule has 0 unspecified atom stereocenters. The molecular weight excluding hydrogens is 192 g/mol. The van der Waals surface area contributed by atoms with Crippen LogP contribution in [-0.2, 0) is 7.05 Å². The molecule has 0 bridgehead atoms. The van der Waals surface area contributed by atoms with Crippen molar-refractivity contribution in [1.29, 1.82) is 0 Å². The fourth-order valence-corrected chi connectivity index (χ4v) is 1.43. The van der Waals surface area contributed by atoms with E-state index in [-0.39, 0.29) is 5.91 Å². The number of aryl methyl sites for hydroxylation is 1. The van der Waals surface area contributed by atoms with Gasteiger partial charge in [0.1, 0.15) is 5.52 Å². The van der Waals surface area contributed by atoms with Crippen LogP contribution in [0.1, 0.15) is 10.4 Å². The minimum atomic E-state index is -0.0254. The van der Waals surface area contributed by atoms with Crippen LogP contribution in [0.5, 0.6) is 0 Å². The normalized spacial score (nSPS) is 10.6. The van der Waals surface area contributed by atoms with Crippen LogP contribution >= 0.6 is 0 Å². The summed E-state index contributed by atoms with van der Waals surface area (Å²) < 4.78 is 1.68. The molecule has 0 fully saturated rings. The van der Waals surface area contributed by atoms with Crippen molar-refractivity contribution in [2.24, 2.45) is 7.05 Å². The number of rotatable bonds is 1. The Hall–Kier alpha value is -1.91. The Labute approximate surface area is 87.3 Å². The van der Waals surface area contributed by atoms with Gasteiger partial charge in [-0.15, -0.1) is 5.10 Å². The summed E-state index contributed by atoms with van der Waals surface area (Å²) in [6, 6.07) is 5.39. The second-order valence-electron chi connectivity index (χ2n) is 3.62. The van der Waals surface area contributed by atoms with Crippen LogP contribution in [0.15, 0.2) is 18.2 Å². The molecule has 0 saturated heterocycles. The fourth-order valence-electron chi connectivity index (χ4n) is 1.43. The van der Waals surface area contributed by atoms with Gasteiger partial charge in [-0.25, -0.2) is 4.68 Å². The number of hydrogen-bond donors (Lipinski definition) is 0. The van der Waals surface area contributed by atoms with Gasteiger partial charge in [0.25, 0.3) is 5.91 Å². The maximum Gasteiger partial charge on any atom is 0.253 e. The van der Waals surface area contributed by atoms with Crippen molar-refractivity contribution in [1.82, 2.24) is 19.9 Å². The van der Waals surface area contributed by atoms with Crippen molar-refractivity contribution in [3.8, 4) is 0 Å². The third-order valence-electron chi connectivity index (χ3n) is 2.26. The molecule has 15 heavy (non-hydrogen) atoms. The first-order valence-corrected chi connectivity index (χ1v) is 4.60. The number of aromatic nitrogens is 3. The van der Waals surface area contributed by atoms with Crippen molar-refractivity contribution in [2.75, 3.05) is 14.1 Å². The number of fused-ring (bicyclic) bond motifs is 1. The van der Waals surface area contributed by atoms with Crippen LogP contribution < -0.4 is 0 Å². The van der Waals surface area contributed by atoms with Crippen molar-refractivity contribution in [2.45, 2.75) is 0 Å². The number of hydrogen-bond acceptors (Lipinski definition) is 3. The molecule has 2 aromatic rings. The average molecular weight is 204 g/mol. The molecular formula is C10H12N4O. The summed E-state index contributed by atoms with van der Waals surface area (Å²) in [4.78, 5) is 13.2. The van der Waals surface area contributed by atoms with Gasteiger partial charge in [0, 0.05) is 26.7 Å². The lowest BCUT2D eigenvalue weighted by molar-refractivity contribution is 0.0828. The molecule has 0 aliphatic rings. The van der Waals surface area contributed by atoms with Crippen LogP contribution in [0, 0.1) is 0 Å². The molecule has 0 atom stereocenters. The van der Waals surface area contributed by atoms with Gasteiger partial charge in [-0.2, -0.15) is 0 Å². The van der Waals surface area contributed by atoms with Gasteiger partial charge in [0.05, 0.1) is 5.52 Å². The van der Waals surface area contributed by atoms with E-state index in [1.165, 1.54) is 4.90 Å². The molecule has 5 nitrogen and oxygen atoms in total. The molecule has 1 aromatic carbocycles. The van der Waals surface area contributed by atoms with E-state index in [1.54, 1.807) is 30.9 Å². The van der Waals surface area contributed by atoms with E-state index in [9.17, 15) is 4.79 Å². The van der Waals surface area contributed by atoms with Crippen LogP contribution in [0.25, 0.3) is 11.0 Å². The number of nitrogens with zero attached hydrogens (tertiary/aromatic N) is 4. The Morgan fingerprint density at radius 3 is 2.80 bits per heavy atom. The molecule has 1 amide bonds. The Bertz CT molecular complexity index is 515. The highest BCUT2D eigenvalue weighted by Gasteiger charge is 2.10. The van der Waals surface area contributed by atoms with Gasteiger partial charge in [-0.1, -0.05) is 5.21 Å². The van der Waals surface area contributed by atoms with Gasteiger partial charge < -0.3 is 4.90 Å². The van der Waals surface area contributed by atoms with E-state index in [1.807, 2.05) is 13.1 Å². The lowest BCUT2D eigenvalue weighted by atomic mass is 10.2. The van der Waals surface area contributed by atoms with Gasteiger partial charge >= 0.3 is 0 Å². The SMILES string of the molecule is CN(C)C(=O)c1ccc2c(c1)nnn2C. The summed E-state index contributed by atoms with van der Waals surface area (Å²) in [7, 11) is 5.27. The van der Waals surface area contributed by atoms with Crippen LogP contribution in [0.4, 0.5) is 0 Å². The zero-order valence-corrected chi connectivity index (χ0v) is 8.93.